The van der Waals surface area contributed by atoms with Gasteiger partial charge in [0, 0.05) is 11.6 Å². The number of benzene rings is 1. The SMILES string of the molecule is C=C(C(=O)OC)[C@@H](c1ccccc1)[C@]1(C)C=CC(=O)O1. The summed E-state index contributed by atoms with van der Waals surface area (Å²) in [5, 5.41) is 0. The first-order valence-corrected chi connectivity index (χ1v) is 6.22. The van der Waals surface area contributed by atoms with Crippen LogP contribution in [-0.2, 0) is 19.1 Å². The summed E-state index contributed by atoms with van der Waals surface area (Å²) in [6.45, 7) is 5.57. The molecule has 1 heterocycles. The zero-order valence-electron chi connectivity index (χ0n) is 11.5. The molecule has 2 rings (SSSR count). The van der Waals surface area contributed by atoms with Crippen molar-refractivity contribution in [3.8, 4) is 0 Å². The Morgan fingerprint density at radius 1 is 1.35 bits per heavy atom. The van der Waals surface area contributed by atoms with Gasteiger partial charge < -0.3 is 9.47 Å². The molecule has 0 saturated carbocycles. The molecule has 0 unspecified atom stereocenters. The Morgan fingerprint density at radius 3 is 2.50 bits per heavy atom. The number of esters is 2. The fraction of sp³-hybridized carbons (Fsp3) is 0.250. The van der Waals surface area contributed by atoms with Crippen LogP contribution in [0.4, 0.5) is 0 Å². The Bertz CT molecular complexity index is 573. The van der Waals surface area contributed by atoms with E-state index < -0.39 is 23.5 Å². The number of hydrogen-bond donors (Lipinski definition) is 0. The Hall–Kier alpha value is -2.36. The van der Waals surface area contributed by atoms with E-state index in [1.54, 1.807) is 13.0 Å². The van der Waals surface area contributed by atoms with E-state index in [9.17, 15) is 9.59 Å². The Kier molecular flexibility index (Phi) is 3.74. The molecule has 1 aromatic carbocycles. The van der Waals surface area contributed by atoms with Crippen LogP contribution in [-0.4, -0.2) is 24.6 Å². The van der Waals surface area contributed by atoms with E-state index in [4.69, 9.17) is 9.47 Å². The summed E-state index contributed by atoms with van der Waals surface area (Å²) in [7, 11) is 1.30. The molecule has 2 atom stereocenters. The monoisotopic (exact) mass is 272 g/mol. The third-order valence-electron chi connectivity index (χ3n) is 3.37. The topological polar surface area (TPSA) is 52.6 Å². The number of rotatable bonds is 4. The van der Waals surface area contributed by atoms with E-state index in [-0.39, 0.29) is 5.57 Å². The molecule has 0 aromatic heterocycles. The third-order valence-corrected chi connectivity index (χ3v) is 3.37. The highest BCUT2D eigenvalue weighted by Gasteiger charge is 2.43. The van der Waals surface area contributed by atoms with Crippen LogP contribution in [0.25, 0.3) is 0 Å². The average molecular weight is 272 g/mol. The second kappa shape index (κ2) is 5.33. The maximum Gasteiger partial charge on any atom is 0.333 e. The molecule has 1 aliphatic rings. The molecule has 0 saturated heterocycles. The van der Waals surface area contributed by atoms with Gasteiger partial charge in [0.2, 0.25) is 0 Å². The zero-order chi connectivity index (χ0) is 14.8. The number of carbonyl (C=O) groups excluding carboxylic acids is 2. The van der Waals surface area contributed by atoms with Crippen LogP contribution in [0.2, 0.25) is 0 Å². The lowest BCUT2D eigenvalue weighted by Gasteiger charge is -2.32. The van der Waals surface area contributed by atoms with E-state index in [1.165, 1.54) is 13.2 Å². The lowest BCUT2D eigenvalue weighted by Crippen LogP contribution is -2.35. The Labute approximate surface area is 117 Å². The van der Waals surface area contributed by atoms with E-state index >= 15 is 0 Å². The largest absolute Gasteiger partial charge is 0.466 e. The third kappa shape index (κ3) is 2.50. The van der Waals surface area contributed by atoms with Gasteiger partial charge in [0.1, 0.15) is 5.60 Å². The van der Waals surface area contributed by atoms with Crippen molar-refractivity contribution in [3.05, 3.63) is 60.2 Å². The lowest BCUT2D eigenvalue weighted by atomic mass is 9.78. The van der Waals surface area contributed by atoms with E-state index in [1.807, 2.05) is 30.3 Å². The molecule has 4 heteroatoms. The molecule has 20 heavy (non-hydrogen) atoms. The van der Waals surface area contributed by atoms with Crippen molar-refractivity contribution in [2.75, 3.05) is 7.11 Å². The molecule has 4 nitrogen and oxygen atoms in total. The highest BCUT2D eigenvalue weighted by Crippen LogP contribution is 2.40. The molecule has 1 aromatic rings. The summed E-state index contributed by atoms with van der Waals surface area (Å²) in [6, 6.07) is 9.32. The number of hydrogen-bond acceptors (Lipinski definition) is 4. The first-order valence-electron chi connectivity index (χ1n) is 6.22. The fourth-order valence-corrected chi connectivity index (χ4v) is 2.45. The van der Waals surface area contributed by atoms with Gasteiger partial charge in [0.05, 0.1) is 13.0 Å². The maximum atomic E-state index is 11.8. The van der Waals surface area contributed by atoms with Gasteiger partial charge in [0.25, 0.3) is 0 Å². The summed E-state index contributed by atoms with van der Waals surface area (Å²) < 4.78 is 10.1. The van der Waals surface area contributed by atoms with Crippen molar-refractivity contribution in [1.29, 1.82) is 0 Å². The van der Waals surface area contributed by atoms with Gasteiger partial charge in [-0.3, -0.25) is 0 Å². The first kappa shape index (κ1) is 14.1. The molecular weight excluding hydrogens is 256 g/mol. The predicted octanol–water partition coefficient (Wildman–Crippen LogP) is 2.37. The highest BCUT2D eigenvalue weighted by atomic mass is 16.6. The minimum atomic E-state index is -0.941. The van der Waals surface area contributed by atoms with Crippen LogP contribution in [0.1, 0.15) is 18.4 Å². The summed E-state index contributed by atoms with van der Waals surface area (Å²) in [5.74, 6) is -1.43. The Balaban J connectivity index is 2.45. The second-order valence-electron chi connectivity index (χ2n) is 4.80. The summed E-state index contributed by atoms with van der Waals surface area (Å²) >= 11 is 0. The maximum absolute atomic E-state index is 11.8. The van der Waals surface area contributed by atoms with Gasteiger partial charge in [-0.2, -0.15) is 0 Å². The summed E-state index contributed by atoms with van der Waals surface area (Å²) in [6.07, 6.45) is 3.02. The Morgan fingerprint density at radius 2 is 2.00 bits per heavy atom. The smallest absolute Gasteiger partial charge is 0.333 e. The molecular formula is C16H16O4. The van der Waals surface area contributed by atoms with Gasteiger partial charge >= 0.3 is 11.9 Å². The van der Waals surface area contributed by atoms with Crippen LogP contribution in [0, 0.1) is 0 Å². The van der Waals surface area contributed by atoms with Crippen molar-refractivity contribution in [2.24, 2.45) is 0 Å². The number of ether oxygens (including phenoxy) is 2. The van der Waals surface area contributed by atoms with Crippen LogP contribution in [0.5, 0.6) is 0 Å². The molecule has 0 radical (unpaired) electrons. The summed E-state index contributed by atoms with van der Waals surface area (Å²) in [5.41, 5.74) is 0.147. The zero-order valence-corrected chi connectivity index (χ0v) is 11.5. The van der Waals surface area contributed by atoms with Crippen molar-refractivity contribution in [1.82, 2.24) is 0 Å². The van der Waals surface area contributed by atoms with Crippen LogP contribution in [0.3, 0.4) is 0 Å². The van der Waals surface area contributed by atoms with E-state index in [0.29, 0.717) is 0 Å². The average Bonchev–Trinajstić information content (AvgIpc) is 2.79. The number of carbonyl (C=O) groups is 2. The highest BCUT2D eigenvalue weighted by molar-refractivity contribution is 5.91. The van der Waals surface area contributed by atoms with Crippen LogP contribution in [0.15, 0.2) is 54.6 Å². The minimum absolute atomic E-state index is 0.251. The standard InChI is InChI=1S/C16H16O4/c1-11(15(18)19-3)14(12-7-5-4-6-8-12)16(2)10-9-13(17)20-16/h4-10,14H,1H2,2-3H3/t14-,16-/m0/s1. The molecule has 104 valence electrons. The predicted molar refractivity (Wildman–Crippen MR) is 74.0 cm³/mol. The lowest BCUT2D eigenvalue weighted by molar-refractivity contribution is -0.147. The molecule has 1 aliphatic heterocycles. The van der Waals surface area contributed by atoms with Gasteiger partial charge in [-0.05, 0) is 18.6 Å². The van der Waals surface area contributed by atoms with Gasteiger partial charge in [-0.1, -0.05) is 36.9 Å². The van der Waals surface area contributed by atoms with Crippen LogP contribution < -0.4 is 0 Å². The van der Waals surface area contributed by atoms with Crippen molar-refractivity contribution in [2.45, 2.75) is 18.4 Å². The van der Waals surface area contributed by atoms with Crippen molar-refractivity contribution < 1.29 is 19.1 Å². The molecule has 0 fully saturated rings. The fourth-order valence-electron chi connectivity index (χ4n) is 2.45. The summed E-state index contributed by atoms with van der Waals surface area (Å²) in [4.78, 5) is 23.2. The normalized spacial score (nSPS) is 22.2. The second-order valence-corrected chi connectivity index (χ2v) is 4.80. The van der Waals surface area contributed by atoms with E-state index in [0.717, 1.165) is 5.56 Å². The van der Waals surface area contributed by atoms with Crippen molar-refractivity contribution in [3.63, 3.8) is 0 Å². The van der Waals surface area contributed by atoms with Gasteiger partial charge in [-0.15, -0.1) is 0 Å². The minimum Gasteiger partial charge on any atom is -0.466 e. The molecule has 0 N–H and O–H groups in total. The molecule has 0 amide bonds. The van der Waals surface area contributed by atoms with E-state index in [2.05, 4.69) is 6.58 Å². The quantitative estimate of drug-likeness (QED) is 0.623. The first-order chi connectivity index (χ1) is 9.48. The van der Waals surface area contributed by atoms with Crippen molar-refractivity contribution >= 4 is 11.9 Å². The number of cyclic esters (lactones) is 1. The molecule has 0 aliphatic carbocycles. The van der Waals surface area contributed by atoms with Gasteiger partial charge in [0.15, 0.2) is 0 Å². The van der Waals surface area contributed by atoms with Gasteiger partial charge in [-0.25, -0.2) is 9.59 Å². The molecule has 0 bridgehead atoms. The number of methoxy groups -OCH3 is 1. The molecule has 0 spiro atoms. The van der Waals surface area contributed by atoms with Crippen LogP contribution >= 0.6 is 0 Å².